The smallest absolute Gasteiger partial charge is 0.387 e. The number of hydrogen-bond acceptors (Lipinski definition) is 1. The molecular formula is C14H9F5O. The minimum absolute atomic E-state index is 0.0640. The second-order valence-corrected chi connectivity index (χ2v) is 4.10. The van der Waals surface area contributed by atoms with Gasteiger partial charge in [0.1, 0.15) is 11.6 Å². The van der Waals surface area contributed by atoms with Crippen LogP contribution in [0.1, 0.15) is 11.1 Å². The molecule has 0 unspecified atom stereocenters. The maximum absolute atomic E-state index is 13.2. The van der Waals surface area contributed by atoms with Crippen molar-refractivity contribution in [1.29, 1.82) is 0 Å². The van der Waals surface area contributed by atoms with E-state index in [9.17, 15) is 22.0 Å². The molecule has 0 bridgehead atoms. The van der Waals surface area contributed by atoms with Crippen LogP contribution in [-0.4, -0.2) is 6.61 Å². The molecule has 0 amide bonds. The second-order valence-electron chi connectivity index (χ2n) is 4.10. The van der Waals surface area contributed by atoms with Crippen molar-refractivity contribution in [2.24, 2.45) is 0 Å². The van der Waals surface area contributed by atoms with E-state index < -0.39 is 29.8 Å². The Balaban J connectivity index is 2.25. The third-order valence-corrected chi connectivity index (χ3v) is 2.54. The molecule has 0 saturated heterocycles. The molecule has 0 aliphatic rings. The van der Waals surface area contributed by atoms with Gasteiger partial charge in [-0.1, -0.05) is 6.07 Å². The van der Waals surface area contributed by atoms with E-state index in [1.165, 1.54) is 6.07 Å². The molecule has 20 heavy (non-hydrogen) atoms. The summed E-state index contributed by atoms with van der Waals surface area (Å²) in [6.45, 7) is -3.15. The average Bonchev–Trinajstić information content (AvgIpc) is 2.31. The van der Waals surface area contributed by atoms with Crippen LogP contribution in [0.25, 0.3) is 0 Å². The van der Waals surface area contributed by atoms with Gasteiger partial charge >= 0.3 is 6.61 Å². The van der Waals surface area contributed by atoms with Crippen LogP contribution in [0, 0.1) is 17.5 Å². The minimum atomic E-state index is -3.15. The topological polar surface area (TPSA) is 9.23 Å². The van der Waals surface area contributed by atoms with E-state index >= 15 is 0 Å². The Morgan fingerprint density at radius 1 is 0.850 bits per heavy atom. The lowest BCUT2D eigenvalue weighted by atomic mass is 10.0. The van der Waals surface area contributed by atoms with E-state index in [0.29, 0.717) is 11.1 Å². The zero-order chi connectivity index (χ0) is 14.7. The zero-order valence-electron chi connectivity index (χ0n) is 10.0. The number of rotatable bonds is 4. The van der Waals surface area contributed by atoms with Crippen LogP contribution in [0.15, 0.2) is 36.4 Å². The first-order valence-corrected chi connectivity index (χ1v) is 5.62. The summed E-state index contributed by atoms with van der Waals surface area (Å²) < 4.78 is 67.4. The van der Waals surface area contributed by atoms with Crippen molar-refractivity contribution in [1.82, 2.24) is 0 Å². The van der Waals surface area contributed by atoms with Crippen LogP contribution in [-0.2, 0) is 6.42 Å². The van der Waals surface area contributed by atoms with Crippen molar-refractivity contribution in [2.75, 3.05) is 0 Å². The van der Waals surface area contributed by atoms with Crippen molar-refractivity contribution in [3.05, 3.63) is 65.0 Å². The van der Waals surface area contributed by atoms with Gasteiger partial charge in [0.05, 0.1) is 0 Å². The molecule has 6 heteroatoms. The molecule has 1 nitrogen and oxygen atoms in total. The van der Waals surface area contributed by atoms with Crippen LogP contribution < -0.4 is 4.74 Å². The lowest BCUT2D eigenvalue weighted by molar-refractivity contribution is -0.0522. The number of alkyl halides is 2. The summed E-state index contributed by atoms with van der Waals surface area (Å²) in [5.41, 5.74) is 0.698. The molecule has 0 radical (unpaired) electrons. The van der Waals surface area contributed by atoms with E-state index in [-0.39, 0.29) is 6.42 Å². The molecule has 0 saturated carbocycles. The standard InChI is InChI=1S/C14H9F5O/c15-10-4-9(5-11(16)7-10)3-8-1-2-12(17)13(6-8)20-14(18)19/h1-2,4-7,14H,3H2. The summed E-state index contributed by atoms with van der Waals surface area (Å²) in [5.74, 6) is -3.02. The third-order valence-electron chi connectivity index (χ3n) is 2.54. The highest BCUT2D eigenvalue weighted by atomic mass is 19.3. The monoisotopic (exact) mass is 288 g/mol. The van der Waals surface area contributed by atoms with Crippen LogP contribution in [0.4, 0.5) is 22.0 Å². The lowest BCUT2D eigenvalue weighted by Crippen LogP contribution is -2.04. The maximum Gasteiger partial charge on any atom is 0.387 e. The third kappa shape index (κ3) is 3.69. The molecule has 0 fully saturated rings. The molecule has 0 atom stereocenters. The average molecular weight is 288 g/mol. The minimum Gasteiger partial charge on any atom is -0.432 e. The summed E-state index contributed by atoms with van der Waals surface area (Å²) in [7, 11) is 0. The summed E-state index contributed by atoms with van der Waals surface area (Å²) in [6, 6.07) is 6.31. The largest absolute Gasteiger partial charge is 0.432 e. The predicted molar refractivity (Wildman–Crippen MR) is 62.2 cm³/mol. The van der Waals surface area contributed by atoms with Gasteiger partial charge in [-0.2, -0.15) is 8.78 Å². The van der Waals surface area contributed by atoms with Gasteiger partial charge < -0.3 is 4.74 Å². The predicted octanol–water partition coefficient (Wildman–Crippen LogP) is 4.30. The first-order chi connectivity index (χ1) is 9.44. The Morgan fingerprint density at radius 3 is 2.10 bits per heavy atom. The lowest BCUT2D eigenvalue weighted by Gasteiger charge is -2.08. The molecule has 0 spiro atoms. The Morgan fingerprint density at radius 2 is 1.50 bits per heavy atom. The van der Waals surface area contributed by atoms with E-state index in [0.717, 1.165) is 30.3 Å². The van der Waals surface area contributed by atoms with E-state index in [4.69, 9.17) is 0 Å². The fourth-order valence-corrected chi connectivity index (χ4v) is 1.79. The van der Waals surface area contributed by atoms with Crippen LogP contribution in [0.2, 0.25) is 0 Å². The Kier molecular flexibility index (Phi) is 4.22. The number of halogens is 5. The fourth-order valence-electron chi connectivity index (χ4n) is 1.79. The van der Waals surface area contributed by atoms with Gasteiger partial charge in [0, 0.05) is 6.07 Å². The van der Waals surface area contributed by atoms with Crippen molar-refractivity contribution in [3.63, 3.8) is 0 Å². The number of ether oxygens (including phenoxy) is 1. The summed E-state index contributed by atoms with van der Waals surface area (Å²) in [4.78, 5) is 0. The molecular weight excluding hydrogens is 279 g/mol. The molecule has 0 aliphatic carbocycles. The maximum atomic E-state index is 13.2. The second kappa shape index (κ2) is 5.90. The first-order valence-electron chi connectivity index (χ1n) is 5.62. The van der Waals surface area contributed by atoms with Gasteiger partial charge in [-0.15, -0.1) is 0 Å². The van der Waals surface area contributed by atoms with Crippen molar-refractivity contribution in [2.45, 2.75) is 13.0 Å². The van der Waals surface area contributed by atoms with Gasteiger partial charge in [0.25, 0.3) is 0 Å². The molecule has 0 aliphatic heterocycles. The molecule has 0 N–H and O–H groups in total. The molecule has 0 heterocycles. The molecule has 106 valence electrons. The zero-order valence-corrected chi connectivity index (χ0v) is 10.0. The fraction of sp³-hybridized carbons (Fsp3) is 0.143. The SMILES string of the molecule is Fc1cc(F)cc(Cc2ccc(F)c(OC(F)F)c2)c1. The van der Waals surface area contributed by atoms with Gasteiger partial charge in [-0.25, -0.2) is 13.2 Å². The first kappa shape index (κ1) is 14.3. The summed E-state index contributed by atoms with van der Waals surface area (Å²) in [5, 5.41) is 0. The Bertz CT molecular complexity index is 592. The highest BCUT2D eigenvalue weighted by molar-refractivity contribution is 5.34. The normalized spacial score (nSPS) is 10.9. The van der Waals surface area contributed by atoms with Gasteiger partial charge in [0.2, 0.25) is 0 Å². The van der Waals surface area contributed by atoms with Crippen LogP contribution >= 0.6 is 0 Å². The van der Waals surface area contributed by atoms with Crippen molar-refractivity contribution in [3.8, 4) is 5.75 Å². The molecule has 0 aromatic heterocycles. The molecule has 2 aromatic carbocycles. The highest BCUT2D eigenvalue weighted by Crippen LogP contribution is 2.23. The van der Waals surface area contributed by atoms with Crippen molar-refractivity contribution < 1.29 is 26.7 Å². The van der Waals surface area contributed by atoms with Gasteiger partial charge in [-0.3, -0.25) is 0 Å². The van der Waals surface area contributed by atoms with Crippen LogP contribution in [0.5, 0.6) is 5.75 Å². The summed E-state index contributed by atoms with van der Waals surface area (Å²) >= 11 is 0. The van der Waals surface area contributed by atoms with E-state index in [1.807, 2.05) is 0 Å². The Hall–Kier alpha value is -2.11. The highest BCUT2D eigenvalue weighted by Gasteiger charge is 2.11. The number of benzene rings is 2. The van der Waals surface area contributed by atoms with Crippen molar-refractivity contribution >= 4 is 0 Å². The molecule has 2 rings (SSSR count). The quantitative estimate of drug-likeness (QED) is 0.762. The van der Waals surface area contributed by atoms with E-state index in [2.05, 4.69) is 4.74 Å². The Labute approximate surface area is 111 Å². The molecule has 2 aromatic rings. The summed E-state index contributed by atoms with van der Waals surface area (Å²) in [6.07, 6.45) is 0.0640. The van der Waals surface area contributed by atoms with E-state index in [1.54, 1.807) is 0 Å². The van der Waals surface area contributed by atoms with Gasteiger partial charge in [0.15, 0.2) is 11.6 Å². The van der Waals surface area contributed by atoms with Crippen LogP contribution in [0.3, 0.4) is 0 Å². The number of hydrogen-bond donors (Lipinski definition) is 0. The van der Waals surface area contributed by atoms with Gasteiger partial charge in [-0.05, 0) is 41.8 Å².